The van der Waals surface area contributed by atoms with Gasteiger partial charge in [-0.15, -0.1) is 0 Å². The zero-order chi connectivity index (χ0) is 13.1. The molecule has 0 unspecified atom stereocenters. The van der Waals surface area contributed by atoms with E-state index < -0.39 is 0 Å². The molecule has 0 atom stereocenters. The van der Waals surface area contributed by atoms with Crippen molar-refractivity contribution in [1.29, 1.82) is 5.41 Å². The average Bonchev–Trinajstić information content (AvgIpc) is 2.37. The van der Waals surface area contributed by atoms with E-state index in [0.717, 1.165) is 26.9 Å². The molecule has 0 aromatic heterocycles. The second-order valence-corrected chi connectivity index (χ2v) is 4.99. The minimum absolute atomic E-state index is 0.516. The molecule has 0 amide bonds. The molecule has 2 rings (SSSR count). The van der Waals surface area contributed by atoms with Crippen molar-refractivity contribution in [1.82, 2.24) is 0 Å². The molecule has 92 valence electrons. The molecule has 0 saturated carbocycles. The van der Waals surface area contributed by atoms with E-state index in [9.17, 15) is 0 Å². The molecule has 3 heteroatoms. The summed E-state index contributed by atoms with van der Waals surface area (Å²) in [5.74, 6) is 0.848. The van der Waals surface area contributed by atoms with Crippen LogP contribution in [0.15, 0.2) is 46.9 Å². The molecule has 2 aromatic carbocycles. The van der Waals surface area contributed by atoms with Crippen LogP contribution in [0.2, 0.25) is 0 Å². The Balaban J connectivity index is 2.37. The van der Waals surface area contributed by atoms with Crippen LogP contribution in [0.5, 0.6) is 5.75 Å². The highest BCUT2D eigenvalue weighted by atomic mass is 79.9. The van der Waals surface area contributed by atoms with E-state index in [4.69, 9.17) is 10.1 Å². The lowest BCUT2D eigenvalue weighted by molar-refractivity contribution is 0.411. The molecule has 0 heterocycles. The van der Waals surface area contributed by atoms with E-state index in [1.165, 1.54) is 0 Å². The van der Waals surface area contributed by atoms with Crippen molar-refractivity contribution < 1.29 is 4.74 Å². The molecular formula is C15H14BrNO. The second kappa shape index (κ2) is 5.36. The number of hydrogen-bond acceptors (Lipinski definition) is 2. The Kier molecular flexibility index (Phi) is 3.82. The molecular weight excluding hydrogens is 290 g/mol. The number of benzene rings is 2. The van der Waals surface area contributed by atoms with Crippen LogP contribution < -0.4 is 4.74 Å². The molecule has 0 aliphatic rings. The van der Waals surface area contributed by atoms with Gasteiger partial charge >= 0.3 is 0 Å². The molecule has 2 nitrogen and oxygen atoms in total. The maximum Gasteiger partial charge on any atom is 0.121 e. The highest BCUT2D eigenvalue weighted by molar-refractivity contribution is 9.10. The Labute approximate surface area is 115 Å². The summed E-state index contributed by atoms with van der Waals surface area (Å²) in [6, 6.07) is 13.6. The van der Waals surface area contributed by atoms with Crippen LogP contribution in [-0.2, 0) is 0 Å². The van der Waals surface area contributed by atoms with Gasteiger partial charge < -0.3 is 4.74 Å². The van der Waals surface area contributed by atoms with Crippen molar-refractivity contribution in [3.8, 4) is 5.75 Å². The van der Waals surface area contributed by atoms with Crippen LogP contribution in [-0.4, -0.2) is 12.8 Å². The number of aryl methyl sites for hydroxylation is 1. The molecule has 0 saturated heterocycles. The molecule has 1 N–H and O–H groups in total. The summed E-state index contributed by atoms with van der Waals surface area (Å²) in [6.45, 7) is 1.98. The number of nitrogens with one attached hydrogen (secondary N) is 1. The van der Waals surface area contributed by atoms with Crippen LogP contribution in [0.1, 0.15) is 16.7 Å². The molecule has 18 heavy (non-hydrogen) atoms. The van der Waals surface area contributed by atoms with E-state index in [0.29, 0.717) is 5.71 Å². The van der Waals surface area contributed by atoms with E-state index in [1.807, 2.05) is 49.4 Å². The van der Waals surface area contributed by atoms with Gasteiger partial charge in [-0.25, -0.2) is 0 Å². The largest absolute Gasteiger partial charge is 0.496 e. The summed E-state index contributed by atoms with van der Waals surface area (Å²) in [6.07, 6.45) is 0. The van der Waals surface area contributed by atoms with Gasteiger partial charge in [0.15, 0.2) is 0 Å². The van der Waals surface area contributed by atoms with Crippen molar-refractivity contribution in [2.45, 2.75) is 6.92 Å². The van der Waals surface area contributed by atoms with Crippen LogP contribution in [0, 0.1) is 12.3 Å². The summed E-state index contributed by atoms with van der Waals surface area (Å²) in [5, 5.41) is 8.23. The van der Waals surface area contributed by atoms with Crippen LogP contribution >= 0.6 is 15.9 Å². The quantitative estimate of drug-likeness (QED) is 0.848. The maximum absolute atomic E-state index is 8.23. The normalized spacial score (nSPS) is 10.2. The molecule has 0 aliphatic heterocycles. The van der Waals surface area contributed by atoms with Crippen molar-refractivity contribution >= 4 is 21.6 Å². The van der Waals surface area contributed by atoms with Crippen LogP contribution in [0.25, 0.3) is 0 Å². The average molecular weight is 304 g/mol. The van der Waals surface area contributed by atoms with Gasteiger partial charge in [-0.1, -0.05) is 28.1 Å². The van der Waals surface area contributed by atoms with Crippen molar-refractivity contribution in [2.75, 3.05) is 7.11 Å². The minimum Gasteiger partial charge on any atom is -0.496 e. The van der Waals surface area contributed by atoms with Crippen molar-refractivity contribution in [3.63, 3.8) is 0 Å². The smallest absolute Gasteiger partial charge is 0.121 e. The standard InChI is InChI=1S/C15H14BrNO/c1-10-8-12(6-7-14(10)18-2)15(17)11-4-3-5-13(16)9-11/h3-9,17H,1-2H3. The minimum atomic E-state index is 0.516. The lowest BCUT2D eigenvalue weighted by atomic mass is 10.0. The highest BCUT2D eigenvalue weighted by Gasteiger charge is 2.07. The summed E-state index contributed by atoms with van der Waals surface area (Å²) in [7, 11) is 1.65. The Bertz CT molecular complexity index is 593. The Morgan fingerprint density at radius 2 is 1.83 bits per heavy atom. The number of rotatable bonds is 3. The predicted octanol–water partition coefficient (Wildman–Crippen LogP) is 4.18. The third kappa shape index (κ3) is 2.62. The fourth-order valence-corrected chi connectivity index (χ4v) is 2.24. The molecule has 0 radical (unpaired) electrons. The Hall–Kier alpha value is -1.61. The van der Waals surface area contributed by atoms with E-state index >= 15 is 0 Å². The highest BCUT2D eigenvalue weighted by Crippen LogP contribution is 2.21. The van der Waals surface area contributed by atoms with Gasteiger partial charge in [0.25, 0.3) is 0 Å². The maximum atomic E-state index is 8.23. The van der Waals surface area contributed by atoms with E-state index in [2.05, 4.69) is 15.9 Å². The number of halogens is 1. The Morgan fingerprint density at radius 1 is 1.11 bits per heavy atom. The second-order valence-electron chi connectivity index (χ2n) is 4.07. The van der Waals surface area contributed by atoms with Crippen LogP contribution in [0.4, 0.5) is 0 Å². The predicted molar refractivity (Wildman–Crippen MR) is 77.8 cm³/mol. The van der Waals surface area contributed by atoms with Gasteiger partial charge in [0, 0.05) is 15.6 Å². The molecule has 0 bridgehead atoms. The Morgan fingerprint density at radius 3 is 2.44 bits per heavy atom. The first-order chi connectivity index (χ1) is 8.61. The van der Waals surface area contributed by atoms with Gasteiger partial charge in [-0.3, -0.25) is 5.41 Å². The van der Waals surface area contributed by atoms with Gasteiger partial charge in [-0.2, -0.15) is 0 Å². The van der Waals surface area contributed by atoms with Gasteiger partial charge in [-0.05, 0) is 42.8 Å². The van der Waals surface area contributed by atoms with Crippen LogP contribution in [0.3, 0.4) is 0 Å². The van der Waals surface area contributed by atoms with Gasteiger partial charge in [0.2, 0.25) is 0 Å². The molecule has 0 spiro atoms. The molecule has 0 aliphatic carbocycles. The third-order valence-electron chi connectivity index (χ3n) is 2.80. The number of ether oxygens (including phenoxy) is 1. The molecule has 2 aromatic rings. The van der Waals surface area contributed by atoms with Gasteiger partial charge in [0.1, 0.15) is 5.75 Å². The van der Waals surface area contributed by atoms with E-state index in [1.54, 1.807) is 7.11 Å². The van der Waals surface area contributed by atoms with Gasteiger partial charge in [0.05, 0.1) is 12.8 Å². The lowest BCUT2D eigenvalue weighted by Gasteiger charge is -2.09. The summed E-state index contributed by atoms with van der Waals surface area (Å²) in [4.78, 5) is 0. The fraction of sp³-hybridized carbons (Fsp3) is 0.133. The number of hydrogen-bond donors (Lipinski definition) is 1. The van der Waals surface area contributed by atoms with Crippen molar-refractivity contribution in [2.24, 2.45) is 0 Å². The number of methoxy groups -OCH3 is 1. The first-order valence-electron chi connectivity index (χ1n) is 5.61. The summed E-state index contributed by atoms with van der Waals surface area (Å²) in [5.41, 5.74) is 3.34. The molecule has 0 fully saturated rings. The fourth-order valence-electron chi connectivity index (χ4n) is 1.84. The summed E-state index contributed by atoms with van der Waals surface area (Å²) < 4.78 is 6.21. The van der Waals surface area contributed by atoms with E-state index in [-0.39, 0.29) is 0 Å². The third-order valence-corrected chi connectivity index (χ3v) is 3.29. The first-order valence-corrected chi connectivity index (χ1v) is 6.40. The zero-order valence-corrected chi connectivity index (χ0v) is 11.9. The first kappa shape index (κ1) is 12.8. The lowest BCUT2D eigenvalue weighted by Crippen LogP contribution is -2.02. The topological polar surface area (TPSA) is 33.1 Å². The zero-order valence-electron chi connectivity index (χ0n) is 10.3. The monoisotopic (exact) mass is 303 g/mol. The van der Waals surface area contributed by atoms with Crippen molar-refractivity contribution in [3.05, 3.63) is 63.6 Å². The SMILES string of the molecule is COc1ccc(C(=N)c2cccc(Br)c2)cc1C. The summed E-state index contributed by atoms with van der Waals surface area (Å²) >= 11 is 3.42.